The lowest BCUT2D eigenvalue weighted by Gasteiger charge is -2.16. The van der Waals surface area contributed by atoms with Gasteiger partial charge in [-0.3, -0.25) is 0 Å². The molecule has 0 fully saturated rings. The molecule has 0 radical (unpaired) electrons. The van der Waals surface area contributed by atoms with E-state index in [1.165, 1.54) is 55.6 Å². The molecule has 0 spiro atoms. The number of hydrogen-bond donors (Lipinski definition) is 0. The third-order valence-corrected chi connectivity index (χ3v) is 10.3. The van der Waals surface area contributed by atoms with E-state index in [9.17, 15) is 0 Å². The maximum atomic E-state index is 6.32. The molecule has 1 aliphatic heterocycles. The molecule has 0 saturated heterocycles. The first kappa shape index (κ1) is 38.8. The van der Waals surface area contributed by atoms with Gasteiger partial charge in [0, 0.05) is 16.2 Å². The van der Waals surface area contributed by atoms with Gasteiger partial charge in [0.15, 0.2) is 0 Å². The summed E-state index contributed by atoms with van der Waals surface area (Å²) in [6.07, 6.45) is 30.0. The van der Waals surface area contributed by atoms with Crippen molar-refractivity contribution in [3.63, 3.8) is 0 Å². The summed E-state index contributed by atoms with van der Waals surface area (Å²) >= 11 is 3.34. The van der Waals surface area contributed by atoms with Crippen molar-refractivity contribution >= 4 is 40.2 Å². The molecule has 53 heavy (non-hydrogen) atoms. The van der Waals surface area contributed by atoms with Crippen LogP contribution in [0.25, 0.3) is 39.0 Å². The van der Waals surface area contributed by atoms with E-state index in [1.54, 1.807) is 10.8 Å². The molecule has 1 aliphatic carbocycles. The molecule has 4 aromatic rings. The highest BCUT2D eigenvalue weighted by Gasteiger charge is 2.15. The molecule has 0 nitrogen and oxygen atoms in total. The summed E-state index contributed by atoms with van der Waals surface area (Å²) in [5.41, 5.74) is 14.9. The minimum atomic E-state index is 0.820. The van der Waals surface area contributed by atoms with Crippen LogP contribution in [0.4, 0.5) is 0 Å². The summed E-state index contributed by atoms with van der Waals surface area (Å²) in [6.45, 7) is 15.6. The predicted molar refractivity (Wildman–Crippen MR) is 240 cm³/mol. The number of hydrogen-bond acceptors (Lipinski definition) is 2. The molecule has 0 saturated carbocycles. The lowest BCUT2D eigenvalue weighted by atomic mass is 9.92. The van der Waals surface area contributed by atoms with Crippen molar-refractivity contribution in [2.24, 2.45) is 0 Å². The summed E-state index contributed by atoms with van der Waals surface area (Å²) in [7, 11) is 0. The Kier molecular flexibility index (Phi) is 14.6. The van der Waals surface area contributed by atoms with Crippen LogP contribution in [0.1, 0.15) is 42.0 Å². The van der Waals surface area contributed by atoms with Gasteiger partial charge in [-0.1, -0.05) is 171 Å². The molecule has 0 amide bonds. The second-order valence-electron chi connectivity index (χ2n) is 12.7. The van der Waals surface area contributed by atoms with Crippen LogP contribution in [0, 0.1) is 19.3 Å². The molecule has 1 heterocycles. The molecule has 0 bridgehead atoms. The van der Waals surface area contributed by atoms with Gasteiger partial charge in [-0.25, -0.2) is 0 Å². The molecule has 6 rings (SSSR count). The second kappa shape index (κ2) is 20.0. The normalized spacial score (nSPS) is 15.4. The van der Waals surface area contributed by atoms with Crippen molar-refractivity contribution < 1.29 is 0 Å². The van der Waals surface area contributed by atoms with E-state index >= 15 is 0 Å². The first-order valence-corrected chi connectivity index (χ1v) is 19.7. The van der Waals surface area contributed by atoms with Gasteiger partial charge in [0.1, 0.15) is 0 Å². The molecular weight excluding hydrogens is 677 g/mol. The SMILES string of the molecule is C#C/C(=C\C(=C/CC1=CCC=C(C)C=C1)c1ccc(-c2ccccc2)cc1)c1cc(C)cc(-c2cccc3c2SC/C=C\C=C/C3=C)c1.C=CSC=C. The summed E-state index contributed by atoms with van der Waals surface area (Å²) < 4.78 is 0. The number of allylic oxidation sites excluding steroid dienone is 14. The fraction of sp³-hybridized carbons (Fsp3) is 0.0980. The average Bonchev–Trinajstić information content (AvgIpc) is 3.34. The van der Waals surface area contributed by atoms with Gasteiger partial charge in [-0.15, -0.1) is 29.9 Å². The maximum absolute atomic E-state index is 6.32. The number of aryl methyl sites for hydroxylation is 1. The molecule has 4 aromatic carbocycles. The Hall–Kier alpha value is -5.46. The number of fused-ring (bicyclic) bond motifs is 1. The van der Waals surface area contributed by atoms with E-state index in [-0.39, 0.29) is 0 Å². The monoisotopic (exact) mass is 722 g/mol. The van der Waals surface area contributed by atoms with Crippen molar-refractivity contribution in [2.45, 2.75) is 31.6 Å². The van der Waals surface area contributed by atoms with Crippen LogP contribution < -0.4 is 0 Å². The van der Waals surface area contributed by atoms with Crippen molar-refractivity contribution in [3.05, 3.63) is 216 Å². The standard InChI is InChI=1S/C47H40S.C4H6S/c1-5-38(43-30-35(3)31-44(33-43)46-20-13-19-45-36(4)15-8-7-11-29-48-47(45)46)32-42(24-23-37-16-12-14-34(2)21-22-37)41-27-25-40(26-28-41)39-17-9-6-10-18-39;1-3-5-4-2/h1,6-11,13-22,24-28,30-33H,4,12,23,29H2,2-3H3;3-4H,1-2H2/b11-7-,15-8-,38-32+,42-24+;. The Bertz CT molecular complexity index is 2200. The highest BCUT2D eigenvalue weighted by Crippen LogP contribution is 2.39. The number of benzene rings is 4. The number of rotatable bonds is 9. The quantitative estimate of drug-likeness (QED) is 0.125. The van der Waals surface area contributed by atoms with Gasteiger partial charge in [0.2, 0.25) is 0 Å². The Morgan fingerprint density at radius 1 is 0.792 bits per heavy atom. The Balaban J connectivity index is 0.00000101. The van der Waals surface area contributed by atoms with Crippen LogP contribution in [0.15, 0.2) is 198 Å². The van der Waals surface area contributed by atoms with Crippen LogP contribution in [0.3, 0.4) is 0 Å². The molecule has 2 aliphatic rings. The zero-order chi connectivity index (χ0) is 37.4. The van der Waals surface area contributed by atoms with Crippen molar-refractivity contribution in [2.75, 3.05) is 5.75 Å². The van der Waals surface area contributed by atoms with Gasteiger partial charge in [-0.2, -0.15) is 0 Å². The zero-order valence-electron chi connectivity index (χ0n) is 30.7. The van der Waals surface area contributed by atoms with Gasteiger partial charge in [0.25, 0.3) is 0 Å². The van der Waals surface area contributed by atoms with Gasteiger partial charge < -0.3 is 0 Å². The maximum Gasteiger partial charge on any atom is 0.0321 e. The molecule has 0 aromatic heterocycles. The van der Waals surface area contributed by atoms with E-state index in [1.807, 2.05) is 11.8 Å². The molecule has 0 unspecified atom stereocenters. The summed E-state index contributed by atoms with van der Waals surface area (Å²) in [4.78, 5) is 1.25. The van der Waals surface area contributed by atoms with E-state index in [0.29, 0.717) is 0 Å². The van der Waals surface area contributed by atoms with E-state index < -0.39 is 0 Å². The van der Waals surface area contributed by atoms with Crippen molar-refractivity contribution in [3.8, 4) is 34.6 Å². The Morgan fingerprint density at radius 2 is 1.55 bits per heavy atom. The third kappa shape index (κ3) is 11.0. The second-order valence-corrected chi connectivity index (χ2v) is 14.6. The van der Waals surface area contributed by atoms with E-state index in [4.69, 9.17) is 6.42 Å². The van der Waals surface area contributed by atoms with Crippen LogP contribution in [-0.4, -0.2) is 5.75 Å². The van der Waals surface area contributed by atoms with Crippen LogP contribution >= 0.6 is 23.5 Å². The summed E-state index contributed by atoms with van der Waals surface area (Å²) in [5.74, 6) is 3.95. The number of terminal acetylenes is 1. The van der Waals surface area contributed by atoms with Crippen molar-refractivity contribution in [1.82, 2.24) is 0 Å². The van der Waals surface area contributed by atoms with Crippen LogP contribution in [0.2, 0.25) is 0 Å². The first-order valence-electron chi connectivity index (χ1n) is 17.8. The van der Waals surface area contributed by atoms with Gasteiger partial charge in [-0.05, 0) is 111 Å². The average molecular weight is 723 g/mol. The Labute approximate surface area is 326 Å². The fourth-order valence-corrected chi connectivity index (χ4v) is 7.33. The lowest BCUT2D eigenvalue weighted by Crippen LogP contribution is -1.93. The van der Waals surface area contributed by atoms with Crippen LogP contribution in [0.5, 0.6) is 0 Å². The number of thioether (sulfide) groups is 2. The Morgan fingerprint density at radius 3 is 2.28 bits per heavy atom. The molecule has 262 valence electrons. The minimum absolute atomic E-state index is 0.820. The third-order valence-electron chi connectivity index (χ3n) is 8.84. The zero-order valence-corrected chi connectivity index (χ0v) is 32.4. The smallest absolute Gasteiger partial charge is 0.0321 e. The molecule has 0 atom stereocenters. The predicted octanol–water partition coefficient (Wildman–Crippen LogP) is 14.9. The summed E-state index contributed by atoms with van der Waals surface area (Å²) in [6, 6.07) is 32.5. The minimum Gasteiger partial charge on any atom is -0.121 e. The van der Waals surface area contributed by atoms with Gasteiger partial charge >= 0.3 is 0 Å². The highest BCUT2D eigenvalue weighted by atomic mass is 32.2. The van der Waals surface area contributed by atoms with E-state index in [0.717, 1.165) is 52.0 Å². The fourth-order valence-electron chi connectivity index (χ4n) is 6.12. The van der Waals surface area contributed by atoms with Gasteiger partial charge in [0.05, 0.1) is 0 Å². The first-order chi connectivity index (χ1) is 25.9. The molecule has 2 heteroatoms. The van der Waals surface area contributed by atoms with Crippen LogP contribution in [-0.2, 0) is 0 Å². The lowest BCUT2D eigenvalue weighted by molar-refractivity contribution is 1.24. The molecular formula is C51H46S2. The molecule has 0 N–H and O–H groups in total. The highest BCUT2D eigenvalue weighted by molar-refractivity contribution is 8.04. The summed E-state index contributed by atoms with van der Waals surface area (Å²) in [5, 5.41) is 3.46. The largest absolute Gasteiger partial charge is 0.121 e. The topological polar surface area (TPSA) is 0 Å². The van der Waals surface area contributed by atoms with Crippen molar-refractivity contribution in [1.29, 1.82) is 0 Å². The van der Waals surface area contributed by atoms with E-state index in [2.05, 4.69) is 191 Å².